The Morgan fingerprint density at radius 1 is 1.33 bits per heavy atom. The van der Waals surface area contributed by atoms with Crippen LogP contribution in [0.5, 0.6) is 0 Å². The molecule has 1 aliphatic heterocycles. The lowest BCUT2D eigenvalue weighted by Gasteiger charge is -2.34. The highest BCUT2D eigenvalue weighted by molar-refractivity contribution is 6.33. The molecule has 1 saturated carbocycles. The largest absolute Gasteiger partial charge is 0.377 e. The van der Waals surface area contributed by atoms with Crippen molar-refractivity contribution in [3.05, 3.63) is 28.8 Å². The number of halogens is 1. The molecule has 0 aromatic heterocycles. The summed E-state index contributed by atoms with van der Waals surface area (Å²) in [4.78, 5) is 2.37. The minimum Gasteiger partial charge on any atom is -0.377 e. The molecule has 3 nitrogen and oxygen atoms in total. The second kappa shape index (κ2) is 6.99. The lowest BCUT2D eigenvalue weighted by Crippen LogP contribution is -2.39. The third-order valence-electron chi connectivity index (χ3n) is 4.31. The van der Waals surface area contributed by atoms with E-state index in [2.05, 4.69) is 35.3 Å². The molecule has 1 saturated heterocycles. The van der Waals surface area contributed by atoms with Crippen LogP contribution >= 0.6 is 11.6 Å². The molecule has 3 rings (SSSR count). The van der Waals surface area contributed by atoms with E-state index in [1.807, 2.05) is 0 Å². The van der Waals surface area contributed by atoms with Gasteiger partial charge in [0.2, 0.25) is 0 Å². The van der Waals surface area contributed by atoms with E-state index in [9.17, 15) is 0 Å². The fraction of sp³-hybridized carbons (Fsp3) is 0.647. The summed E-state index contributed by atoms with van der Waals surface area (Å²) in [6.45, 7) is 5.80. The summed E-state index contributed by atoms with van der Waals surface area (Å²) in [6.07, 6.45) is 5.31. The van der Waals surface area contributed by atoms with E-state index in [0.29, 0.717) is 6.10 Å². The van der Waals surface area contributed by atoms with Gasteiger partial charge in [0.25, 0.3) is 0 Å². The molecule has 2 aliphatic rings. The molecule has 116 valence electrons. The molecular weight excluding hydrogens is 284 g/mol. The van der Waals surface area contributed by atoms with Crippen LogP contribution in [0.1, 0.15) is 38.2 Å². The van der Waals surface area contributed by atoms with Crippen molar-refractivity contribution in [2.45, 2.75) is 51.3 Å². The zero-order valence-electron chi connectivity index (χ0n) is 12.8. The molecule has 0 radical (unpaired) electrons. The van der Waals surface area contributed by atoms with Crippen LogP contribution in [-0.2, 0) is 11.3 Å². The maximum atomic E-state index is 6.51. The smallest absolute Gasteiger partial charge is 0.0750 e. The number of anilines is 1. The van der Waals surface area contributed by atoms with E-state index in [4.69, 9.17) is 16.3 Å². The molecule has 1 aromatic carbocycles. The number of piperidine rings is 1. The first-order valence-corrected chi connectivity index (χ1v) is 8.52. The van der Waals surface area contributed by atoms with E-state index in [0.717, 1.165) is 49.4 Å². The van der Waals surface area contributed by atoms with Gasteiger partial charge in [-0.1, -0.05) is 17.7 Å². The third-order valence-corrected chi connectivity index (χ3v) is 4.61. The predicted octanol–water partition coefficient (Wildman–Crippen LogP) is 3.60. The number of hydrogen-bond donors (Lipinski definition) is 1. The maximum absolute atomic E-state index is 6.51. The fourth-order valence-electron chi connectivity index (χ4n) is 3.00. The average Bonchev–Trinajstić information content (AvgIpc) is 3.30. The lowest BCUT2D eigenvalue weighted by molar-refractivity contribution is 0.0527. The summed E-state index contributed by atoms with van der Waals surface area (Å²) in [5, 5.41) is 4.39. The number of benzene rings is 1. The number of hydrogen-bond acceptors (Lipinski definition) is 3. The Hall–Kier alpha value is -0.770. The molecule has 0 bridgehead atoms. The van der Waals surface area contributed by atoms with Crippen molar-refractivity contribution in [3.8, 4) is 0 Å². The van der Waals surface area contributed by atoms with Crippen LogP contribution in [0.15, 0.2) is 18.2 Å². The molecule has 0 amide bonds. The van der Waals surface area contributed by atoms with Gasteiger partial charge in [-0.15, -0.1) is 0 Å². The summed E-state index contributed by atoms with van der Waals surface area (Å²) in [6, 6.07) is 7.20. The van der Waals surface area contributed by atoms with Gasteiger partial charge in [-0.05, 0) is 50.3 Å². The zero-order valence-corrected chi connectivity index (χ0v) is 13.5. The van der Waals surface area contributed by atoms with E-state index < -0.39 is 0 Å². The van der Waals surface area contributed by atoms with Crippen LogP contribution in [0.4, 0.5) is 5.69 Å². The van der Waals surface area contributed by atoms with Crippen LogP contribution in [0.3, 0.4) is 0 Å². The van der Waals surface area contributed by atoms with Gasteiger partial charge in [-0.2, -0.15) is 0 Å². The van der Waals surface area contributed by atoms with Crippen LogP contribution < -0.4 is 10.2 Å². The predicted molar refractivity (Wildman–Crippen MR) is 88.2 cm³/mol. The summed E-state index contributed by atoms with van der Waals surface area (Å²) in [5.74, 6) is 0. The third kappa shape index (κ3) is 4.12. The monoisotopic (exact) mass is 308 g/mol. The Morgan fingerprint density at radius 2 is 2.19 bits per heavy atom. The van der Waals surface area contributed by atoms with Crippen molar-refractivity contribution in [2.75, 3.05) is 24.6 Å². The number of rotatable bonds is 6. The molecule has 1 aliphatic carbocycles. The van der Waals surface area contributed by atoms with Crippen LogP contribution in [0.25, 0.3) is 0 Å². The minimum atomic E-state index is 0.344. The van der Waals surface area contributed by atoms with Crippen molar-refractivity contribution < 1.29 is 4.74 Å². The van der Waals surface area contributed by atoms with Gasteiger partial charge < -0.3 is 15.0 Å². The van der Waals surface area contributed by atoms with E-state index in [1.165, 1.54) is 24.8 Å². The first-order valence-electron chi connectivity index (χ1n) is 8.14. The molecular formula is C17H25ClN2O. The van der Waals surface area contributed by atoms with Crippen LogP contribution in [0, 0.1) is 0 Å². The molecule has 1 atom stereocenters. The van der Waals surface area contributed by atoms with Crippen molar-refractivity contribution in [1.82, 2.24) is 5.32 Å². The Labute approximate surface area is 132 Å². The van der Waals surface area contributed by atoms with Crippen molar-refractivity contribution >= 4 is 17.3 Å². The summed E-state index contributed by atoms with van der Waals surface area (Å²) >= 11 is 6.51. The van der Waals surface area contributed by atoms with E-state index >= 15 is 0 Å². The zero-order chi connectivity index (χ0) is 14.7. The normalized spacial score (nSPS) is 22.6. The van der Waals surface area contributed by atoms with Gasteiger partial charge in [-0.25, -0.2) is 0 Å². The highest BCUT2D eigenvalue weighted by Gasteiger charge is 2.22. The van der Waals surface area contributed by atoms with E-state index in [1.54, 1.807) is 0 Å². The number of nitrogens with one attached hydrogen (secondary N) is 1. The standard InChI is InChI=1S/C17H25ClN2O/c1-2-21-15-4-3-9-20(12-15)17-8-5-13(10-16(17)18)11-19-14-6-7-14/h5,8,10,14-15,19H,2-4,6-7,9,11-12H2,1H3. The molecule has 2 fully saturated rings. The second-order valence-electron chi connectivity index (χ2n) is 6.11. The Morgan fingerprint density at radius 3 is 2.90 bits per heavy atom. The minimum absolute atomic E-state index is 0.344. The van der Waals surface area contributed by atoms with Crippen LogP contribution in [-0.4, -0.2) is 31.8 Å². The van der Waals surface area contributed by atoms with Crippen molar-refractivity contribution in [3.63, 3.8) is 0 Å². The summed E-state index contributed by atoms with van der Waals surface area (Å²) < 4.78 is 5.78. The molecule has 1 N–H and O–H groups in total. The van der Waals surface area contributed by atoms with Gasteiger partial charge in [-0.3, -0.25) is 0 Å². The van der Waals surface area contributed by atoms with Gasteiger partial charge in [0.1, 0.15) is 0 Å². The van der Waals surface area contributed by atoms with Gasteiger partial charge >= 0.3 is 0 Å². The molecule has 1 unspecified atom stereocenters. The molecule has 1 aromatic rings. The molecule has 0 spiro atoms. The summed E-state index contributed by atoms with van der Waals surface area (Å²) in [7, 11) is 0. The van der Waals surface area contributed by atoms with E-state index in [-0.39, 0.29) is 0 Å². The van der Waals surface area contributed by atoms with Crippen LogP contribution in [0.2, 0.25) is 5.02 Å². The fourth-order valence-corrected chi connectivity index (χ4v) is 3.32. The van der Waals surface area contributed by atoms with Gasteiger partial charge in [0.05, 0.1) is 16.8 Å². The maximum Gasteiger partial charge on any atom is 0.0750 e. The quantitative estimate of drug-likeness (QED) is 0.869. The second-order valence-corrected chi connectivity index (χ2v) is 6.51. The number of nitrogens with zero attached hydrogens (tertiary/aromatic N) is 1. The Kier molecular flexibility index (Phi) is 5.04. The summed E-state index contributed by atoms with van der Waals surface area (Å²) in [5.41, 5.74) is 2.42. The average molecular weight is 309 g/mol. The van der Waals surface area contributed by atoms with Crippen molar-refractivity contribution in [2.24, 2.45) is 0 Å². The van der Waals surface area contributed by atoms with Crippen molar-refractivity contribution in [1.29, 1.82) is 0 Å². The Bertz CT molecular complexity index is 474. The van der Waals surface area contributed by atoms with Gasteiger partial charge in [0, 0.05) is 32.3 Å². The highest BCUT2D eigenvalue weighted by Crippen LogP contribution is 2.30. The highest BCUT2D eigenvalue weighted by atomic mass is 35.5. The lowest BCUT2D eigenvalue weighted by atomic mass is 10.1. The SMILES string of the molecule is CCOC1CCCN(c2ccc(CNC3CC3)cc2Cl)C1. The first-order chi connectivity index (χ1) is 10.3. The molecule has 21 heavy (non-hydrogen) atoms. The van der Waals surface area contributed by atoms with Gasteiger partial charge in [0.15, 0.2) is 0 Å². The Balaban J connectivity index is 1.63. The molecule has 1 heterocycles. The topological polar surface area (TPSA) is 24.5 Å². The first kappa shape index (κ1) is 15.1. The number of ether oxygens (including phenoxy) is 1. The molecule has 4 heteroatoms.